The summed E-state index contributed by atoms with van der Waals surface area (Å²) in [4.78, 5) is 6.98. The zero-order valence-electron chi connectivity index (χ0n) is 16.1. The maximum atomic E-state index is 13.7. The van der Waals surface area contributed by atoms with E-state index in [0.29, 0.717) is 11.7 Å². The third-order valence-corrected chi connectivity index (χ3v) is 6.19. The fourth-order valence-electron chi connectivity index (χ4n) is 3.96. The van der Waals surface area contributed by atoms with Gasteiger partial charge in [-0.3, -0.25) is 4.90 Å². The van der Waals surface area contributed by atoms with E-state index in [1.807, 2.05) is 42.9 Å². The van der Waals surface area contributed by atoms with Gasteiger partial charge in [0.1, 0.15) is 22.3 Å². The van der Waals surface area contributed by atoms with Crippen LogP contribution in [0.1, 0.15) is 35.2 Å². The SMILES string of the molecule is Cc1ccc(-c2nn(-c3cccc(F)c3)cc2CN2CCC[C@@H]2c2nccs2)o1. The first-order chi connectivity index (χ1) is 14.2. The van der Waals surface area contributed by atoms with Crippen LogP contribution in [-0.4, -0.2) is 26.2 Å². The van der Waals surface area contributed by atoms with Crippen molar-refractivity contribution in [3.63, 3.8) is 0 Å². The quantitative estimate of drug-likeness (QED) is 0.445. The van der Waals surface area contributed by atoms with E-state index in [2.05, 4.69) is 9.88 Å². The van der Waals surface area contributed by atoms with E-state index in [4.69, 9.17) is 9.52 Å². The van der Waals surface area contributed by atoms with Gasteiger partial charge < -0.3 is 4.42 Å². The fraction of sp³-hybridized carbons (Fsp3) is 0.273. The Balaban J connectivity index is 1.52. The molecule has 0 unspecified atom stereocenters. The van der Waals surface area contributed by atoms with Gasteiger partial charge in [-0.15, -0.1) is 11.3 Å². The molecular formula is C22H21FN4OS. The summed E-state index contributed by atoms with van der Waals surface area (Å²) in [5, 5.41) is 7.95. The molecule has 1 aliphatic heterocycles. The van der Waals surface area contributed by atoms with Crippen LogP contribution in [0.25, 0.3) is 17.1 Å². The second kappa shape index (κ2) is 7.57. The summed E-state index contributed by atoms with van der Waals surface area (Å²) >= 11 is 1.71. The normalized spacial score (nSPS) is 17.2. The summed E-state index contributed by atoms with van der Waals surface area (Å²) < 4.78 is 21.4. The lowest BCUT2D eigenvalue weighted by molar-refractivity contribution is 0.248. The molecule has 1 fully saturated rings. The van der Waals surface area contributed by atoms with Gasteiger partial charge in [-0.25, -0.2) is 14.1 Å². The number of rotatable bonds is 5. The van der Waals surface area contributed by atoms with Gasteiger partial charge in [-0.2, -0.15) is 5.10 Å². The van der Waals surface area contributed by atoms with Gasteiger partial charge in [0, 0.05) is 29.9 Å². The molecule has 1 aliphatic rings. The molecule has 148 valence electrons. The molecule has 4 aromatic rings. The minimum Gasteiger partial charge on any atom is -0.460 e. The summed E-state index contributed by atoms with van der Waals surface area (Å²) in [5.74, 6) is 1.30. The van der Waals surface area contributed by atoms with Crippen LogP contribution in [0.3, 0.4) is 0 Å². The molecule has 3 aromatic heterocycles. The molecule has 1 atom stereocenters. The minimum atomic E-state index is -0.279. The predicted octanol–water partition coefficient (Wildman–Crippen LogP) is 5.37. The van der Waals surface area contributed by atoms with Crippen molar-refractivity contribution < 1.29 is 8.81 Å². The van der Waals surface area contributed by atoms with E-state index < -0.39 is 0 Å². The lowest BCUT2D eigenvalue weighted by Gasteiger charge is -2.22. The molecule has 0 saturated carbocycles. The molecule has 5 rings (SSSR count). The highest BCUT2D eigenvalue weighted by molar-refractivity contribution is 7.09. The van der Waals surface area contributed by atoms with Crippen molar-refractivity contribution >= 4 is 11.3 Å². The monoisotopic (exact) mass is 408 g/mol. The molecule has 7 heteroatoms. The summed E-state index contributed by atoms with van der Waals surface area (Å²) in [6.45, 7) is 3.69. The number of thiazole rings is 1. The Hall–Kier alpha value is -2.77. The first-order valence-electron chi connectivity index (χ1n) is 9.72. The van der Waals surface area contributed by atoms with Crippen molar-refractivity contribution in [2.75, 3.05) is 6.54 Å². The van der Waals surface area contributed by atoms with Crippen LogP contribution in [0.15, 0.2) is 58.6 Å². The van der Waals surface area contributed by atoms with Crippen molar-refractivity contribution in [2.45, 2.75) is 32.4 Å². The highest BCUT2D eigenvalue weighted by Gasteiger charge is 2.29. The van der Waals surface area contributed by atoms with Gasteiger partial charge in [0.2, 0.25) is 0 Å². The molecule has 0 bridgehead atoms. The van der Waals surface area contributed by atoms with Gasteiger partial charge in [-0.05, 0) is 56.6 Å². The van der Waals surface area contributed by atoms with Gasteiger partial charge >= 0.3 is 0 Å². The average Bonchev–Trinajstić information content (AvgIpc) is 3.49. The molecule has 5 nitrogen and oxygen atoms in total. The number of aryl methyl sites for hydroxylation is 1. The average molecular weight is 409 g/mol. The zero-order chi connectivity index (χ0) is 19.8. The Morgan fingerprint density at radius 2 is 2.21 bits per heavy atom. The second-order valence-corrected chi connectivity index (χ2v) is 8.26. The van der Waals surface area contributed by atoms with Gasteiger partial charge in [-0.1, -0.05) is 6.07 Å². The third-order valence-electron chi connectivity index (χ3n) is 5.31. The Kier molecular flexibility index (Phi) is 4.77. The van der Waals surface area contributed by atoms with E-state index in [0.717, 1.165) is 53.7 Å². The summed E-state index contributed by atoms with van der Waals surface area (Å²) in [6.07, 6.45) is 6.12. The molecule has 0 amide bonds. The molecule has 0 spiro atoms. The molecule has 1 aromatic carbocycles. The number of benzene rings is 1. The van der Waals surface area contributed by atoms with E-state index in [1.165, 1.54) is 12.1 Å². The first-order valence-corrected chi connectivity index (χ1v) is 10.6. The number of nitrogens with zero attached hydrogens (tertiary/aromatic N) is 4. The Morgan fingerprint density at radius 3 is 2.97 bits per heavy atom. The highest BCUT2D eigenvalue weighted by atomic mass is 32.1. The molecule has 29 heavy (non-hydrogen) atoms. The molecule has 0 N–H and O–H groups in total. The van der Waals surface area contributed by atoms with Crippen LogP contribution in [0.2, 0.25) is 0 Å². The molecular weight excluding hydrogens is 387 g/mol. The van der Waals surface area contributed by atoms with Crippen LogP contribution in [0, 0.1) is 12.7 Å². The number of hydrogen-bond acceptors (Lipinski definition) is 5. The fourth-order valence-corrected chi connectivity index (χ4v) is 4.77. The standard InChI is InChI=1S/C22H21FN4OS/c1-15-7-8-20(28-15)21-16(14-27(25-21)18-5-2-4-17(23)12-18)13-26-10-3-6-19(26)22-24-9-11-29-22/h2,4-5,7-9,11-12,14,19H,3,6,10,13H2,1H3/t19-/m1/s1. The predicted molar refractivity (Wildman–Crippen MR) is 110 cm³/mol. The number of furan rings is 1. The number of halogens is 1. The molecule has 0 aliphatic carbocycles. The molecule has 4 heterocycles. The van der Waals surface area contributed by atoms with Gasteiger partial charge in [0.05, 0.1) is 11.7 Å². The maximum absolute atomic E-state index is 13.7. The minimum absolute atomic E-state index is 0.279. The van der Waals surface area contributed by atoms with Crippen molar-refractivity contribution in [2.24, 2.45) is 0 Å². The van der Waals surface area contributed by atoms with Crippen molar-refractivity contribution in [1.82, 2.24) is 19.7 Å². The second-order valence-electron chi connectivity index (χ2n) is 7.34. The summed E-state index contributed by atoms with van der Waals surface area (Å²) in [6, 6.07) is 10.7. The van der Waals surface area contributed by atoms with Crippen molar-refractivity contribution in [1.29, 1.82) is 0 Å². The smallest absolute Gasteiger partial charge is 0.154 e. The van der Waals surface area contributed by atoms with Crippen LogP contribution in [-0.2, 0) is 6.54 Å². The topological polar surface area (TPSA) is 47.1 Å². The van der Waals surface area contributed by atoms with Crippen molar-refractivity contribution in [3.8, 4) is 17.1 Å². The van der Waals surface area contributed by atoms with E-state index in [9.17, 15) is 4.39 Å². The van der Waals surface area contributed by atoms with E-state index in [1.54, 1.807) is 22.1 Å². The van der Waals surface area contributed by atoms with Crippen LogP contribution in [0.5, 0.6) is 0 Å². The Bertz CT molecular complexity index is 1120. The van der Waals surface area contributed by atoms with E-state index in [-0.39, 0.29) is 5.82 Å². The first kappa shape index (κ1) is 18.3. The lowest BCUT2D eigenvalue weighted by Crippen LogP contribution is -2.22. The number of likely N-dealkylation sites (tertiary alicyclic amines) is 1. The van der Waals surface area contributed by atoms with Crippen LogP contribution < -0.4 is 0 Å². The largest absolute Gasteiger partial charge is 0.460 e. The van der Waals surface area contributed by atoms with Gasteiger partial charge in [0.15, 0.2) is 5.76 Å². The highest BCUT2D eigenvalue weighted by Crippen LogP contribution is 2.36. The van der Waals surface area contributed by atoms with E-state index >= 15 is 0 Å². The third kappa shape index (κ3) is 3.63. The van der Waals surface area contributed by atoms with Crippen LogP contribution >= 0.6 is 11.3 Å². The number of aromatic nitrogens is 3. The summed E-state index contributed by atoms with van der Waals surface area (Å²) in [7, 11) is 0. The Labute approximate surface area is 172 Å². The molecule has 0 radical (unpaired) electrons. The lowest BCUT2D eigenvalue weighted by atomic mass is 10.1. The summed E-state index contributed by atoms with van der Waals surface area (Å²) in [5.41, 5.74) is 2.55. The number of hydrogen-bond donors (Lipinski definition) is 0. The maximum Gasteiger partial charge on any atom is 0.154 e. The zero-order valence-corrected chi connectivity index (χ0v) is 16.9. The van der Waals surface area contributed by atoms with Crippen molar-refractivity contribution in [3.05, 3.63) is 76.3 Å². The van der Waals surface area contributed by atoms with Crippen LogP contribution in [0.4, 0.5) is 4.39 Å². The van der Waals surface area contributed by atoms with Gasteiger partial charge in [0.25, 0.3) is 0 Å². The molecule has 1 saturated heterocycles. The Morgan fingerprint density at radius 1 is 1.28 bits per heavy atom.